The molecule has 0 radical (unpaired) electrons. The van der Waals surface area contributed by atoms with Crippen molar-refractivity contribution in [1.82, 2.24) is 14.4 Å². The Hall–Kier alpha value is -2.93. The summed E-state index contributed by atoms with van der Waals surface area (Å²) in [5.41, 5.74) is 8.60. The van der Waals surface area contributed by atoms with Crippen LogP contribution >= 0.6 is 0 Å². The summed E-state index contributed by atoms with van der Waals surface area (Å²) in [6.45, 7) is 0.579. The number of aromatic nitrogens is 3. The lowest BCUT2D eigenvalue weighted by atomic mass is 9.83. The zero-order chi connectivity index (χ0) is 20.3. The molecule has 2 bridgehead atoms. The van der Waals surface area contributed by atoms with Crippen LogP contribution in [0.1, 0.15) is 50.3 Å². The van der Waals surface area contributed by atoms with Crippen molar-refractivity contribution in [3.63, 3.8) is 0 Å². The minimum atomic E-state index is -0.111. The Morgan fingerprint density at radius 2 is 2.10 bits per heavy atom. The lowest BCUT2D eigenvalue weighted by Gasteiger charge is -2.24. The van der Waals surface area contributed by atoms with E-state index in [1.807, 2.05) is 34.9 Å². The number of carbonyl (C=O) groups excluding carboxylic acids is 1. The van der Waals surface area contributed by atoms with Crippen molar-refractivity contribution < 1.29 is 14.3 Å². The maximum atomic E-state index is 11.5. The summed E-state index contributed by atoms with van der Waals surface area (Å²) >= 11 is 0. The molecule has 3 fully saturated rings. The Balaban J connectivity index is 1.34. The fourth-order valence-corrected chi connectivity index (χ4v) is 5.08. The van der Waals surface area contributed by atoms with E-state index in [0.29, 0.717) is 31.4 Å². The standard InChI is InChI=1S/C23H24N4O3/c24-21-20-19(26-22(15-10-16(28)11-15)27(20)9-8-25-21)14-2-1-3-18(12-14)29-13-23-6-4-17(30-23)5-7-23/h1-3,8-9,12,15,17H,4-7,10-11,13H2,(H2,24,25). The van der Waals surface area contributed by atoms with Gasteiger partial charge in [0.15, 0.2) is 0 Å². The van der Waals surface area contributed by atoms with Crippen LogP contribution in [-0.4, -0.2) is 38.5 Å². The number of anilines is 1. The van der Waals surface area contributed by atoms with E-state index in [0.717, 1.165) is 54.0 Å². The first-order valence-corrected chi connectivity index (χ1v) is 10.7. The average Bonchev–Trinajstić information content (AvgIpc) is 3.44. The van der Waals surface area contributed by atoms with Crippen LogP contribution in [0.4, 0.5) is 5.82 Å². The fraction of sp³-hybridized carbons (Fsp3) is 0.435. The van der Waals surface area contributed by atoms with Crippen molar-refractivity contribution in [2.24, 2.45) is 0 Å². The van der Waals surface area contributed by atoms with Crippen molar-refractivity contribution in [1.29, 1.82) is 0 Å². The van der Waals surface area contributed by atoms with Crippen molar-refractivity contribution in [3.05, 3.63) is 42.5 Å². The van der Waals surface area contributed by atoms with E-state index in [2.05, 4.69) is 4.98 Å². The molecule has 2 aromatic heterocycles. The van der Waals surface area contributed by atoms with Gasteiger partial charge in [-0.15, -0.1) is 0 Å². The van der Waals surface area contributed by atoms with Crippen molar-refractivity contribution >= 4 is 17.1 Å². The summed E-state index contributed by atoms with van der Waals surface area (Å²) in [5, 5.41) is 0. The molecule has 2 aliphatic heterocycles. The molecule has 6 rings (SSSR count). The maximum absolute atomic E-state index is 11.5. The number of imidazole rings is 1. The Kier molecular flexibility index (Phi) is 3.90. The third kappa shape index (κ3) is 2.80. The van der Waals surface area contributed by atoms with Crippen LogP contribution in [0.2, 0.25) is 0 Å². The second-order valence-corrected chi connectivity index (χ2v) is 8.81. The van der Waals surface area contributed by atoms with Crippen molar-refractivity contribution in [2.45, 2.75) is 56.1 Å². The number of nitrogens with two attached hydrogens (primary N) is 1. The van der Waals surface area contributed by atoms with E-state index in [-0.39, 0.29) is 17.3 Å². The topological polar surface area (TPSA) is 91.7 Å². The van der Waals surface area contributed by atoms with E-state index < -0.39 is 0 Å². The first kappa shape index (κ1) is 17.9. The molecule has 7 nitrogen and oxygen atoms in total. The van der Waals surface area contributed by atoms with Gasteiger partial charge in [0.2, 0.25) is 0 Å². The number of carbonyl (C=O) groups is 1. The van der Waals surface area contributed by atoms with Gasteiger partial charge < -0.3 is 15.2 Å². The summed E-state index contributed by atoms with van der Waals surface area (Å²) in [7, 11) is 0. The maximum Gasteiger partial charge on any atom is 0.150 e. The summed E-state index contributed by atoms with van der Waals surface area (Å²) in [6, 6.07) is 7.95. The monoisotopic (exact) mass is 404 g/mol. The van der Waals surface area contributed by atoms with E-state index in [1.54, 1.807) is 6.20 Å². The summed E-state index contributed by atoms with van der Waals surface area (Å²) in [4.78, 5) is 20.7. The van der Waals surface area contributed by atoms with Gasteiger partial charge in [0.05, 0.1) is 6.10 Å². The molecule has 3 aliphatic rings. The minimum Gasteiger partial charge on any atom is -0.491 e. The van der Waals surface area contributed by atoms with E-state index in [9.17, 15) is 4.79 Å². The summed E-state index contributed by atoms with van der Waals surface area (Å²) in [6.07, 6.45) is 9.47. The number of hydrogen-bond acceptors (Lipinski definition) is 6. The summed E-state index contributed by atoms with van der Waals surface area (Å²) in [5.74, 6) is 2.51. The highest BCUT2D eigenvalue weighted by atomic mass is 16.6. The van der Waals surface area contributed by atoms with Gasteiger partial charge in [0.1, 0.15) is 46.6 Å². The molecule has 1 saturated carbocycles. The van der Waals surface area contributed by atoms with Crippen LogP contribution in [0.15, 0.2) is 36.7 Å². The molecule has 30 heavy (non-hydrogen) atoms. The van der Waals surface area contributed by atoms with Crippen LogP contribution < -0.4 is 10.5 Å². The highest BCUT2D eigenvalue weighted by Crippen LogP contribution is 2.44. The molecular weight excluding hydrogens is 380 g/mol. The zero-order valence-corrected chi connectivity index (χ0v) is 16.7. The normalized spacial score (nSPS) is 25.7. The van der Waals surface area contributed by atoms with Gasteiger partial charge in [-0.3, -0.25) is 9.20 Å². The first-order chi connectivity index (χ1) is 14.6. The largest absolute Gasteiger partial charge is 0.491 e. The molecule has 1 aromatic carbocycles. The molecule has 0 unspecified atom stereocenters. The number of Topliss-reactive ketones (excluding diaryl/α,β-unsaturated/α-hetero) is 1. The van der Waals surface area contributed by atoms with Crippen molar-refractivity contribution in [3.8, 4) is 17.0 Å². The van der Waals surface area contributed by atoms with Gasteiger partial charge in [0.25, 0.3) is 0 Å². The number of fused-ring (bicyclic) bond motifs is 3. The van der Waals surface area contributed by atoms with Crippen molar-refractivity contribution in [2.75, 3.05) is 12.3 Å². The molecule has 2 saturated heterocycles. The smallest absolute Gasteiger partial charge is 0.150 e. The van der Waals surface area contributed by atoms with Gasteiger partial charge >= 0.3 is 0 Å². The van der Waals surface area contributed by atoms with E-state index >= 15 is 0 Å². The molecule has 154 valence electrons. The van der Waals surface area contributed by atoms with Gasteiger partial charge in [-0.2, -0.15) is 0 Å². The minimum absolute atomic E-state index is 0.111. The molecule has 7 heteroatoms. The first-order valence-electron chi connectivity index (χ1n) is 10.7. The Bertz CT molecular complexity index is 1140. The number of benzene rings is 1. The van der Waals surface area contributed by atoms with E-state index in [1.165, 1.54) is 0 Å². The van der Waals surface area contributed by atoms with Crippen LogP contribution in [0.3, 0.4) is 0 Å². The number of rotatable bonds is 5. The SMILES string of the molecule is Nc1nccn2c(C3CC(=O)C3)nc(-c3cccc(OCC45CCC(CC4)O5)c3)c12. The van der Waals surface area contributed by atoms with Crippen LogP contribution in [-0.2, 0) is 9.53 Å². The van der Waals surface area contributed by atoms with Gasteiger partial charge in [0, 0.05) is 36.7 Å². The molecule has 4 heterocycles. The molecule has 2 N–H and O–H groups in total. The molecular formula is C23H24N4O3. The molecule has 0 atom stereocenters. The second-order valence-electron chi connectivity index (χ2n) is 8.81. The second kappa shape index (κ2) is 6.54. The molecule has 0 amide bonds. The quantitative estimate of drug-likeness (QED) is 0.700. The Labute approximate surface area is 174 Å². The number of ketones is 1. The molecule has 1 aliphatic carbocycles. The average molecular weight is 404 g/mol. The third-order valence-corrected chi connectivity index (χ3v) is 6.79. The number of ether oxygens (including phenoxy) is 2. The number of nitrogens with zero attached hydrogens (tertiary/aromatic N) is 3. The highest BCUT2D eigenvalue weighted by Gasteiger charge is 2.46. The van der Waals surface area contributed by atoms with Crippen LogP contribution in [0.25, 0.3) is 16.8 Å². The molecule has 3 aromatic rings. The van der Waals surface area contributed by atoms with Gasteiger partial charge in [-0.05, 0) is 37.8 Å². The van der Waals surface area contributed by atoms with Gasteiger partial charge in [-0.1, -0.05) is 12.1 Å². The highest BCUT2D eigenvalue weighted by molar-refractivity contribution is 5.88. The number of nitrogen functional groups attached to an aromatic ring is 1. The predicted octanol–water partition coefficient (Wildman–Crippen LogP) is 3.52. The third-order valence-electron chi connectivity index (χ3n) is 6.79. The summed E-state index contributed by atoms with van der Waals surface area (Å²) < 4.78 is 14.3. The lowest BCUT2D eigenvalue weighted by Crippen LogP contribution is -2.32. The Morgan fingerprint density at radius 1 is 1.27 bits per heavy atom. The molecule has 0 spiro atoms. The zero-order valence-electron chi connectivity index (χ0n) is 16.7. The fourth-order valence-electron chi connectivity index (χ4n) is 5.08. The van der Waals surface area contributed by atoms with Gasteiger partial charge in [-0.25, -0.2) is 9.97 Å². The van der Waals surface area contributed by atoms with Crippen LogP contribution in [0, 0.1) is 0 Å². The Morgan fingerprint density at radius 3 is 2.83 bits per heavy atom. The number of hydrogen-bond donors (Lipinski definition) is 1. The lowest BCUT2D eigenvalue weighted by molar-refractivity contribution is -0.124. The van der Waals surface area contributed by atoms with E-state index in [4.69, 9.17) is 20.2 Å². The van der Waals surface area contributed by atoms with Crippen LogP contribution in [0.5, 0.6) is 5.75 Å². The predicted molar refractivity (Wildman–Crippen MR) is 111 cm³/mol.